The Bertz CT molecular complexity index is 745. The third kappa shape index (κ3) is 8.44. The van der Waals surface area contributed by atoms with Gasteiger partial charge in [0.05, 0.1) is 27.2 Å². The molecule has 0 unspecified atom stereocenters. The molecule has 0 saturated heterocycles. The molecule has 0 fully saturated rings. The van der Waals surface area contributed by atoms with Gasteiger partial charge in [-0.3, -0.25) is 4.79 Å². The van der Waals surface area contributed by atoms with E-state index in [2.05, 4.69) is 17.4 Å². The standard InChI is InChI=1S/C23H31NO5/c1-27-21-12-9-19(17-22(21)28-2)6-4-16-29-20-10-7-18(8-11-20)5-3-14-24-15-13-23(25)26/h7-12,17,24H,3-6,13-16H2,1-2H3,(H,25,26). The molecule has 2 rings (SSSR count). The molecule has 0 aliphatic rings. The van der Waals surface area contributed by atoms with Crippen LogP contribution in [0.15, 0.2) is 42.5 Å². The van der Waals surface area contributed by atoms with Crippen LogP contribution in [0.25, 0.3) is 0 Å². The van der Waals surface area contributed by atoms with Gasteiger partial charge >= 0.3 is 5.97 Å². The molecule has 0 aromatic heterocycles. The van der Waals surface area contributed by atoms with Crippen molar-refractivity contribution in [3.8, 4) is 17.2 Å². The molecule has 158 valence electrons. The van der Waals surface area contributed by atoms with E-state index in [4.69, 9.17) is 19.3 Å². The average molecular weight is 402 g/mol. The van der Waals surface area contributed by atoms with Crippen molar-refractivity contribution in [3.05, 3.63) is 53.6 Å². The maximum absolute atomic E-state index is 10.4. The molecule has 0 saturated carbocycles. The Morgan fingerprint density at radius 3 is 2.28 bits per heavy atom. The van der Waals surface area contributed by atoms with Gasteiger partial charge in [-0.1, -0.05) is 18.2 Å². The Morgan fingerprint density at radius 2 is 1.59 bits per heavy atom. The van der Waals surface area contributed by atoms with E-state index in [-0.39, 0.29) is 6.42 Å². The number of aryl methyl sites for hydroxylation is 2. The van der Waals surface area contributed by atoms with E-state index in [9.17, 15) is 4.79 Å². The van der Waals surface area contributed by atoms with Crippen LogP contribution < -0.4 is 19.5 Å². The summed E-state index contributed by atoms with van der Waals surface area (Å²) in [7, 11) is 3.28. The fraction of sp³-hybridized carbons (Fsp3) is 0.435. The first kappa shape index (κ1) is 22.6. The number of rotatable bonds is 14. The van der Waals surface area contributed by atoms with Gasteiger partial charge in [0.25, 0.3) is 0 Å². The van der Waals surface area contributed by atoms with E-state index < -0.39 is 5.97 Å². The topological polar surface area (TPSA) is 77.0 Å². The van der Waals surface area contributed by atoms with Crippen molar-refractivity contribution < 1.29 is 24.1 Å². The molecule has 0 atom stereocenters. The van der Waals surface area contributed by atoms with Gasteiger partial charge < -0.3 is 24.6 Å². The van der Waals surface area contributed by atoms with Crippen LogP contribution in [0.3, 0.4) is 0 Å². The molecule has 6 heteroatoms. The maximum atomic E-state index is 10.4. The van der Waals surface area contributed by atoms with Gasteiger partial charge in [-0.25, -0.2) is 0 Å². The highest BCUT2D eigenvalue weighted by atomic mass is 16.5. The van der Waals surface area contributed by atoms with Gasteiger partial charge in [-0.05, 0) is 67.6 Å². The molecule has 0 heterocycles. The van der Waals surface area contributed by atoms with Crippen molar-refractivity contribution in [2.75, 3.05) is 33.9 Å². The Labute approximate surface area is 172 Å². The van der Waals surface area contributed by atoms with Gasteiger partial charge in [0, 0.05) is 6.54 Å². The second-order valence-electron chi connectivity index (χ2n) is 6.78. The van der Waals surface area contributed by atoms with Crippen LogP contribution in [0.2, 0.25) is 0 Å². The van der Waals surface area contributed by atoms with Crippen molar-refractivity contribution in [1.29, 1.82) is 0 Å². The third-order valence-electron chi connectivity index (χ3n) is 4.58. The zero-order valence-electron chi connectivity index (χ0n) is 17.3. The third-order valence-corrected chi connectivity index (χ3v) is 4.58. The Morgan fingerprint density at radius 1 is 0.897 bits per heavy atom. The fourth-order valence-electron chi connectivity index (χ4n) is 2.99. The lowest BCUT2D eigenvalue weighted by atomic mass is 10.1. The predicted molar refractivity (Wildman–Crippen MR) is 113 cm³/mol. The van der Waals surface area contributed by atoms with E-state index in [0.29, 0.717) is 13.2 Å². The van der Waals surface area contributed by atoms with Gasteiger partial charge in [0.2, 0.25) is 0 Å². The van der Waals surface area contributed by atoms with Crippen LogP contribution in [0.1, 0.15) is 30.4 Å². The van der Waals surface area contributed by atoms with Gasteiger partial charge in [-0.15, -0.1) is 0 Å². The van der Waals surface area contributed by atoms with E-state index in [1.54, 1.807) is 14.2 Å². The molecule has 2 aromatic carbocycles. The first-order chi connectivity index (χ1) is 14.1. The number of carboxylic acid groups (broad SMARTS) is 1. The van der Waals surface area contributed by atoms with Crippen LogP contribution in [0.4, 0.5) is 0 Å². The Kier molecular flexibility index (Phi) is 9.86. The molecular formula is C23H31NO5. The number of benzene rings is 2. The van der Waals surface area contributed by atoms with Crippen molar-refractivity contribution in [3.63, 3.8) is 0 Å². The zero-order chi connectivity index (χ0) is 20.9. The first-order valence-electron chi connectivity index (χ1n) is 9.97. The monoisotopic (exact) mass is 401 g/mol. The normalized spacial score (nSPS) is 10.6. The number of ether oxygens (including phenoxy) is 3. The number of hydrogen-bond donors (Lipinski definition) is 2. The molecule has 0 bridgehead atoms. The second-order valence-corrected chi connectivity index (χ2v) is 6.78. The fourth-order valence-corrected chi connectivity index (χ4v) is 2.99. The van der Waals surface area contributed by atoms with Crippen molar-refractivity contribution in [1.82, 2.24) is 5.32 Å². The van der Waals surface area contributed by atoms with Crippen LogP contribution in [0, 0.1) is 0 Å². The lowest BCUT2D eigenvalue weighted by molar-refractivity contribution is -0.136. The van der Waals surface area contributed by atoms with E-state index >= 15 is 0 Å². The number of carbonyl (C=O) groups is 1. The van der Waals surface area contributed by atoms with Crippen LogP contribution >= 0.6 is 0 Å². The summed E-state index contributed by atoms with van der Waals surface area (Å²) in [5.74, 6) is 1.60. The number of nitrogens with one attached hydrogen (secondary N) is 1. The van der Waals surface area contributed by atoms with Crippen molar-refractivity contribution in [2.45, 2.75) is 32.1 Å². The summed E-state index contributed by atoms with van der Waals surface area (Å²) in [6, 6.07) is 14.2. The van der Waals surface area contributed by atoms with E-state index in [1.807, 2.05) is 30.3 Å². The summed E-state index contributed by atoms with van der Waals surface area (Å²) in [6.45, 7) is 1.99. The highest BCUT2D eigenvalue weighted by Gasteiger charge is 2.04. The Balaban J connectivity index is 1.64. The maximum Gasteiger partial charge on any atom is 0.304 e. The number of methoxy groups -OCH3 is 2. The minimum atomic E-state index is -0.767. The minimum Gasteiger partial charge on any atom is -0.494 e. The molecule has 0 radical (unpaired) electrons. The quantitative estimate of drug-likeness (QED) is 0.470. The lowest BCUT2D eigenvalue weighted by Gasteiger charge is -2.10. The number of hydrogen-bond acceptors (Lipinski definition) is 5. The largest absolute Gasteiger partial charge is 0.494 e. The van der Waals surface area contributed by atoms with Crippen molar-refractivity contribution >= 4 is 5.97 Å². The molecular weight excluding hydrogens is 370 g/mol. The average Bonchev–Trinajstić information content (AvgIpc) is 2.74. The SMILES string of the molecule is COc1ccc(CCCOc2ccc(CCCNCCC(=O)O)cc2)cc1OC. The second kappa shape index (κ2) is 12.7. The predicted octanol–water partition coefficient (Wildman–Crippen LogP) is 3.71. The summed E-state index contributed by atoms with van der Waals surface area (Å²) in [5, 5.41) is 11.7. The highest BCUT2D eigenvalue weighted by molar-refractivity contribution is 5.66. The molecule has 0 aliphatic heterocycles. The number of aliphatic carboxylic acids is 1. The molecule has 6 nitrogen and oxygen atoms in total. The zero-order valence-corrected chi connectivity index (χ0v) is 17.3. The minimum absolute atomic E-state index is 0.165. The summed E-state index contributed by atoms with van der Waals surface area (Å²) >= 11 is 0. The number of carboxylic acids is 1. The van der Waals surface area contributed by atoms with Crippen LogP contribution in [-0.4, -0.2) is 45.0 Å². The smallest absolute Gasteiger partial charge is 0.304 e. The molecule has 2 aromatic rings. The molecule has 0 amide bonds. The van der Waals surface area contributed by atoms with Crippen molar-refractivity contribution in [2.24, 2.45) is 0 Å². The van der Waals surface area contributed by atoms with Crippen LogP contribution in [0.5, 0.6) is 17.2 Å². The highest BCUT2D eigenvalue weighted by Crippen LogP contribution is 2.28. The van der Waals surface area contributed by atoms with E-state index in [1.165, 1.54) is 11.1 Å². The first-order valence-corrected chi connectivity index (χ1v) is 9.97. The summed E-state index contributed by atoms with van der Waals surface area (Å²) in [5.41, 5.74) is 2.45. The molecule has 2 N–H and O–H groups in total. The van der Waals surface area contributed by atoms with Gasteiger partial charge in [0.15, 0.2) is 11.5 Å². The summed E-state index contributed by atoms with van der Waals surface area (Å²) in [4.78, 5) is 10.4. The van der Waals surface area contributed by atoms with Crippen LogP contribution in [-0.2, 0) is 17.6 Å². The molecule has 0 spiro atoms. The van der Waals surface area contributed by atoms with Gasteiger partial charge in [0.1, 0.15) is 5.75 Å². The molecule has 29 heavy (non-hydrogen) atoms. The Hall–Kier alpha value is -2.73. The van der Waals surface area contributed by atoms with E-state index in [0.717, 1.165) is 49.5 Å². The summed E-state index contributed by atoms with van der Waals surface area (Å²) in [6.07, 6.45) is 3.93. The molecule has 0 aliphatic carbocycles. The summed E-state index contributed by atoms with van der Waals surface area (Å²) < 4.78 is 16.4. The van der Waals surface area contributed by atoms with Gasteiger partial charge in [-0.2, -0.15) is 0 Å². The lowest BCUT2D eigenvalue weighted by Crippen LogP contribution is -2.19.